The molecule has 1 saturated heterocycles. The van der Waals surface area contributed by atoms with Crippen LogP contribution in [0.15, 0.2) is 18.2 Å². The quantitative estimate of drug-likeness (QED) is 0.874. The van der Waals surface area contributed by atoms with Gasteiger partial charge in [0, 0.05) is 24.3 Å². The van der Waals surface area contributed by atoms with Gasteiger partial charge in [0.15, 0.2) is 0 Å². The summed E-state index contributed by atoms with van der Waals surface area (Å²) in [5.41, 5.74) is 0.778. The van der Waals surface area contributed by atoms with Crippen molar-refractivity contribution in [2.24, 2.45) is 5.92 Å². The molecule has 1 unspecified atom stereocenters. The number of amides is 2. The minimum atomic E-state index is -0.885. The van der Waals surface area contributed by atoms with Crippen molar-refractivity contribution in [3.05, 3.63) is 29.6 Å². The first-order chi connectivity index (χ1) is 9.49. The van der Waals surface area contributed by atoms with Crippen LogP contribution in [0.5, 0.6) is 0 Å². The van der Waals surface area contributed by atoms with Crippen molar-refractivity contribution < 1.29 is 19.1 Å². The molecule has 2 N–H and O–H groups in total. The van der Waals surface area contributed by atoms with Crippen LogP contribution in [0.25, 0.3) is 0 Å². The topological polar surface area (TPSA) is 69.6 Å². The summed E-state index contributed by atoms with van der Waals surface area (Å²) in [5.74, 6) is -1.79. The number of piperidine rings is 1. The SMILES string of the molecule is Cc1c(F)cccc1NC(=O)N1CCCC(C(=O)O)C1. The van der Waals surface area contributed by atoms with Crippen LogP contribution in [0.3, 0.4) is 0 Å². The highest BCUT2D eigenvalue weighted by Crippen LogP contribution is 2.20. The lowest BCUT2D eigenvalue weighted by atomic mass is 9.99. The van der Waals surface area contributed by atoms with E-state index in [0.717, 1.165) is 0 Å². The fourth-order valence-corrected chi connectivity index (χ4v) is 2.30. The highest BCUT2D eigenvalue weighted by Gasteiger charge is 2.28. The maximum atomic E-state index is 13.4. The van der Waals surface area contributed by atoms with Crippen molar-refractivity contribution in [3.8, 4) is 0 Å². The maximum Gasteiger partial charge on any atom is 0.321 e. The Labute approximate surface area is 116 Å². The summed E-state index contributed by atoms with van der Waals surface area (Å²) >= 11 is 0. The van der Waals surface area contributed by atoms with E-state index in [1.54, 1.807) is 13.0 Å². The molecule has 0 spiro atoms. The standard InChI is InChI=1S/C14H17FN2O3/c1-9-11(15)5-2-6-12(9)16-14(20)17-7-3-4-10(8-17)13(18)19/h2,5-6,10H,3-4,7-8H2,1H3,(H,16,20)(H,18,19). The Bertz CT molecular complexity index is 533. The van der Waals surface area contributed by atoms with Crippen LogP contribution in [0, 0.1) is 18.7 Å². The number of hydrogen-bond acceptors (Lipinski definition) is 2. The second kappa shape index (κ2) is 5.90. The van der Waals surface area contributed by atoms with E-state index in [9.17, 15) is 14.0 Å². The molecule has 1 heterocycles. The van der Waals surface area contributed by atoms with Gasteiger partial charge < -0.3 is 15.3 Å². The number of carboxylic acid groups (broad SMARTS) is 1. The van der Waals surface area contributed by atoms with E-state index in [-0.39, 0.29) is 18.4 Å². The van der Waals surface area contributed by atoms with Crippen molar-refractivity contribution in [2.45, 2.75) is 19.8 Å². The minimum absolute atomic E-state index is 0.190. The first-order valence-corrected chi connectivity index (χ1v) is 6.53. The molecule has 0 saturated carbocycles. The van der Waals surface area contributed by atoms with E-state index >= 15 is 0 Å². The molecule has 1 aromatic rings. The van der Waals surface area contributed by atoms with Crippen LogP contribution in [-0.4, -0.2) is 35.1 Å². The van der Waals surface area contributed by atoms with Gasteiger partial charge in [-0.2, -0.15) is 0 Å². The van der Waals surface area contributed by atoms with Crippen LogP contribution < -0.4 is 5.32 Å². The third-order valence-electron chi connectivity index (χ3n) is 3.57. The number of rotatable bonds is 2. The molecule has 1 aromatic carbocycles. The van der Waals surface area contributed by atoms with Crippen molar-refractivity contribution >= 4 is 17.7 Å². The maximum absolute atomic E-state index is 13.4. The summed E-state index contributed by atoms with van der Waals surface area (Å²) < 4.78 is 13.4. The van der Waals surface area contributed by atoms with Crippen LogP contribution in [-0.2, 0) is 4.79 Å². The number of benzene rings is 1. The molecule has 0 aromatic heterocycles. The number of carbonyl (C=O) groups is 2. The predicted molar refractivity (Wildman–Crippen MR) is 72.1 cm³/mol. The molecule has 1 aliphatic rings. The van der Waals surface area contributed by atoms with Crippen molar-refractivity contribution in [1.82, 2.24) is 4.90 Å². The molecular weight excluding hydrogens is 263 g/mol. The van der Waals surface area contributed by atoms with Gasteiger partial charge in [0.25, 0.3) is 0 Å². The van der Waals surface area contributed by atoms with Gasteiger partial charge in [-0.1, -0.05) is 6.07 Å². The van der Waals surface area contributed by atoms with Crippen LogP contribution in [0.1, 0.15) is 18.4 Å². The Morgan fingerprint density at radius 2 is 2.20 bits per heavy atom. The molecule has 1 atom stereocenters. The van der Waals surface area contributed by atoms with E-state index < -0.39 is 11.9 Å². The number of carbonyl (C=O) groups excluding carboxylic acids is 1. The highest BCUT2D eigenvalue weighted by atomic mass is 19.1. The van der Waals surface area contributed by atoms with Crippen molar-refractivity contribution in [3.63, 3.8) is 0 Å². The number of nitrogens with one attached hydrogen (secondary N) is 1. The Hall–Kier alpha value is -2.11. The van der Waals surface area contributed by atoms with Crippen LogP contribution >= 0.6 is 0 Å². The number of urea groups is 1. The second-order valence-corrected chi connectivity index (χ2v) is 4.97. The first-order valence-electron chi connectivity index (χ1n) is 6.53. The average Bonchev–Trinajstić information content (AvgIpc) is 2.44. The second-order valence-electron chi connectivity index (χ2n) is 4.97. The number of anilines is 1. The number of nitrogens with zero attached hydrogens (tertiary/aromatic N) is 1. The number of halogens is 1. The summed E-state index contributed by atoms with van der Waals surface area (Å²) in [5, 5.41) is 11.6. The Morgan fingerprint density at radius 3 is 2.90 bits per heavy atom. The van der Waals surface area contributed by atoms with Gasteiger partial charge >= 0.3 is 12.0 Å². The molecule has 0 radical (unpaired) electrons. The number of likely N-dealkylation sites (tertiary alicyclic amines) is 1. The van der Waals surface area contributed by atoms with E-state index in [1.165, 1.54) is 17.0 Å². The highest BCUT2D eigenvalue weighted by molar-refractivity contribution is 5.90. The summed E-state index contributed by atoms with van der Waals surface area (Å²) in [4.78, 5) is 24.5. The van der Waals surface area contributed by atoms with E-state index in [0.29, 0.717) is 30.6 Å². The Balaban J connectivity index is 2.04. The zero-order valence-electron chi connectivity index (χ0n) is 11.2. The lowest BCUT2D eigenvalue weighted by Crippen LogP contribution is -2.44. The lowest BCUT2D eigenvalue weighted by molar-refractivity contribution is -0.143. The number of aliphatic carboxylic acids is 1. The summed E-state index contributed by atoms with van der Waals surface area (Å²) in [6.07, 6.45) is 1.24. The van der Waals surface area contributed by atoms with E-state index in [1.807, 2.05) is 0 Å². The molecule has 2 amide bonds. The van der Waals surface area contributed by atoms with Crippen molar-refractivity contribution in [2.75, 3.05) is 18.4 Å². The monoisotopic (exact) mass is 280 g/mol. The summed E-state index contributed by atoms with van der Waals surface area (Å²) in [6.45, 7) is 2.29. The van der Waals surface area contributed by atoms with Crippen molar-refractivity contribution in [1.29, 1.82) is 0 Å². The fourth-order valence-electron chi connectivity index (χ4n) is 2.30. The zero-order valence-corrected chi connectivity index (χ0v) is 11.2. The van der Waals surface area contributed by atoms with E-state index in [4.69, 9.17) is 5.11 Å². The molecule has 108 valence electrons. The van der Waals surface area contributed by atoms with Gasteiger partial charge in [0.1, 0.15) is 5.82 Å². The Morgan fingerprint density at radius 1 is 1.45 bits per heavy atom. The fraction of sp³-hybridized carbons (Fsp3) is 0.429. The predicted octanol–water partition coefficient (Wildman–Crippen LogP) is 2.46. The number of carboxylic acids is 1. The van der Waals surface area contributed by atoms with Crippen LogP contribution in [0.4, 0.5) is 14.9 Å². The zero-order chi connectivity index (χ0) is 14.7. The third kappa shape index (κ3) is 3.07. The smallest absolute Gasteiger partial charge is 0.321 e. The normalized spacial score (nSPS) is 18.7. The minimum Gasteiger partial charge on any atom is -0.481 e. The third-order valence-corrected chi connectivity index (χ3v) is 3.57. The molecule has 20 heavy (non-hydrogen) atoms. The molecule has 2 rings (SSSR count). The largest absolute Gasteiger partial charge is 0.481 e. The molecule has 1 aliphatic heterocycles. The van der Waals surface area contributed by atoms with Crippen LogP contribution in [0.2, 0.25) is 0 Å². The Kier molecular flexibility index (Phi) is 4.22. The molecular formula is C14H17FN2O3. The van der Waals surface area contributed by atoms with Gasteiger partial charge in [-0.25, -0.2) is 9.18 Å². The summed E-state index contributed by atoms with van der Waals surface area (Å²) in [6, 6.07) is 4.08. The van der Waals surface area contributed by atoms with Gasteiger partial charge in [-0.3, -0.25) is 4.79 Å². The first kappa shape index (κ1) is 14.3. The average molecular weight is 280 g/mol. The lowest BCUT2D eigenvalue weighted by Gasteiger charge is -2.30. The molecule has 5 nitrogen and oxygen atoms in total. The van der Waals surface area contributed by atoms with Gasteiger partial charge in [-0.05, 0) is 31.9 Å². The summed E-state index contributed by atoms with van der Waals surface area (Å²) in [7, 11) is 0. The molecule has 0 aliphatic carbocycles. The van der Waals surface area contributed by atoms with Gasteiger partial charge in [0.05, 0.1) is 5.92 Å². The molecule has 1 fully saturated rings. The number of hydrogen-bond donors (Lipinski definition) is 2. The molecule has 0 bridgehead atoms. The molecule has 6 heteroatoms. The van der Waals surface area contributed by atoms with Gasteiger partial charge in [-0.15, -0.1) is 0 Å². The van der Waals surface area contributed by atoms with E-state index in [2.05, 4.69) is 5.32 Å². The van der Waals surface area contributed by atoms with Gasteiger partial charge in [0.2, 0.25) is 0 Å².